The number of carboxylic acid groups (broad SMARTS) is 1. The summed E-state index contributed by atoms with van der Waals surface area (Å²) in [6.07, 6.45) is 1.81. The Labute approximate surface area is 90.3 Å². The van der Waals surface area contributed by atoms with Crippen LogP contribution in [0.2, 0.25) is 0 Å². The molecule has 1 fully saturated rings. The molecule has 1 saturated heterocycles. The Morgan fingerprint density at radius 2 is 1.67 bits per heavy atom. The maximum absolute atomic E-state index is 11.2. The number of aliphatic carboxylic acids is 1. The zero-order valence-corrected chi connectivity index (χ0v) is 9.62. The monoisotopic (exact) mass is 213 g/mol. The van der Waals surface area contributed by atoms with E-state index in [1.165, 1.54) is 4.90 Å². The Morgan fingerprint density at radius 3 is 2.00 bits per heavy atom. The predicted octanol–water partition coefficient (Wildman–Crippen LogP) is 1.36. The molecule has 1 rings (SSSR count). The number of hydrogen-bond acceptors (Lipinski definition) is 2. The van der Waals surface area contributed by atoms with Crippen molar-refractivity contribution >= 4 is 11.9 Å². The molecule has 0 bridgehead atoms. The minimum absolute atomic E-state index is 0.248. The Bertz CT molecular complexity index is 259. The Balaban J connectivity index is 2.50. The molecule has 15 heavy (non-hydrogen) atoms. The van der Waals surface area contributed by atoms with Crippen molar-refractivity contribution in [2.75, 3.05) is 13.1 Å². The number of rotatable bonds is 0. The summed E-state index contributed by atoms with van der Waals surface area (Å²) in [5.74, 6) is -1.53. The first-order chi connectivity index (χ1) is 6.82. The number of amides is 1. The zero-order chi connectivity index (χ0) is 11.6. The van der Waals surface area contributed by atoms with E-state index in [2.05, 4.69) is 20.8 Å². The van der Waals surface area contributed by atoms with E-state index in [-0.39, 0.29) is 5.41 Å². The molecule has 0 spiro atoms. The lowest BCUT2D eigenvalue weighted by atomic mass is 9.75. The van der Waals surface area contributed by atoms with Crippen molar-refractivity contribution in [3.05, 3.63) is 0 Å². The predicted molar refractivity (Wildman–Crippen MR) is 56.4 cm³/mol. The number of hydrogen-bond donors (Lipinski definition) is 1. The molecule has 0 atom stereocenters. The maximum Gasteiger partial charge on any atom is 0.394 e. The van der Waals surface area contributed by atoms with Crippen LogP contribution in [0, 0.1) is 11.3 Å². The second kappa shape index (κ2) is 4.21. The van der Waals surface area contributed by atoms with Gasteiger partial charge in [-0.1, -0.05) is 20.8 Å². The van der Waals surface area contributed by atoms with Gasteiger partial charge in [-0.2, -0.15) is 0 Å². The number of piperidine rings is 1. The fourth-order valence-electron chi connectivity index (χ4n) is 2.08. The van der Waals surface area contributed by atoms with Gasteiger partial charge in [0.15, 0.2) is 0 Å². The van der Waals surface area contributed by atoms with Crippen LogP contribution in [-0.2, 0) is 9.59 Å². The first-order valence-electron chi connectivity index (χ1n) is 5.34. The minimum Gasteiger partial charge on any atom is -0.474 e. The molecule has 1 aliphatic rings. The fraction of sp³-hybridized carbons (Fsp3) is 0.818. The van der Waals surface area contributed by atoms with E-state index in [1.54, 1.807) is 0 Å². The van der Waals surface area contributed by atoms with Crippen LogP contribution >= 0.6 is 0 Å². The summed E-state index contributed by atoms with van der Waals surface area (Å²) in [6, 6.07) is 0. The van der Waals surface area contributed by atoms with Gasteiger partial charge >= 0.3 is 11.9 Å². The molecule has 0 aromatic heterocycles. The van der Waals surface area contributed by atoms with Crippen molar-refractivity contribution in [1.29, 1.82) is 0 Å². The third kappa shape index (κ3) is 2.94. The van der Waals surface area contributed by atoms with Crippen LogP contribution in [0.25, 0.3) is 0 Å². The number of carbonyl (C=O) groups is 2. The molecule has 1 heterocycles. The largest absolute Gasteiger partial charge is 0.474 e. The fourth-order valence-corrected chi connectivity index (χ4v) is 2.08. The second-order valence-corrected chi connectivity index (χ2v) is 5.24. The molecule has 0 aromatic carbocycles. The highest BCUT2D eigenvalue weighted by molar-refractivity contribution is 6.31. The van der Waals surface area contributed by atoms with Crippen LogP contribution in [0.1, 0.15) is 33.6 Å². The van der Waals surface area contributed by atoms with Crippen LogP contribution < -0.4 is 0 Å². The summed E-state index contributed by atoms with van der Waals surface area (Å²) in [5, 5.41) is 8.57. The Kier molecular flexibility index (Phi) is 3.37. The molecule has 0 radical (unpaired) electrons. The van der Waals surface area contributed by atoms with Crippen molar-refractivity contribution < 1.29 is 14.7 Å². The maximum atomic E-state index is 11.2. The molecule has 0 aliphatic carbocycles. The number of likely N-dealkylation sites (tertiary alicyclic amines) is 1. The Hall–Kier alpha value is -1.06. The molecular formula is C11H19NO3. The van der Waals surface area contributed by atoms with Crippen molar-refractivity contribution in [2.45, 2.75) is 33.6 Å². The summed E-state index contributed by atoms with van der Waals surface area (Å²) < 4.78 is 0. The molecule has 1 amide bonds. The van der Waals surface area contributed by atoms with Crippen molar-refractivity contribution in [1.82, 2.24) is 4.90 Å². The third-order valence-electron chi connectivity index (χ3n) is 3.19. The highest BCUT2D eigenvalue weighted by atomic mass is 16.4. The lowest BCUT2D eigenvalue weighted by molar-refractivity contribution is -0.156. The number of carbonyl (C=O) groups excluding carboxylic acids is 1. The van der Waals surface area contributed by atoms with E-state index < -0.39 is 11.9 Å². The van der Waals surface area contributed by atoms with Crippen LogP contribution in [0.4, 0.5) is 0 Å². The molecule has 0 unspecified atom stereocenters. The summed E-state index contributed by atoms with van der Waals surface area (Å²) >= 11 is 0. The van der Waals surface area contributed by atoms with Crippen LogP contribution in [0.3, 0.4) is 0 Å². The summed E-state index contributed by atoms with van der Waals surface area (Å²) in [4.78, 5) is 23.1. The van der Waals surface area contributed by atoms with Gasteiger partial charge in [-0.25, -0.2) is 4.79 Å². The van der Waals surface area contributed by atoms with Crippen molar-refractivity contribution in [3.8, 4) is 0 Å². The summed E-state index contributed by atoms with van der Waals surface area (Å²) in [7, 11) is 0. The topological polar surface area (TPSA) is 57.6 Å². The van der Waals surface area contributed by atoms with E-state index in [1.807, 2.05) is 0 Å². The smallest absolute Gasteiger partial charge is 0.394 e. The van der Waals surface area contributed by atoms with Crippen LogP contribution in [-0.4, -0.2) is 35.0 Å². The minimum atomic E-state index is -1.34. The average Bonchev–Trinajstić information content (AvgIpc) is 2.15. The van der Waals surface area contributed by atoms with Crippen LogP contribution in [0.5, 0.6) is 0 Å². The van der Waals surface area contributed by atoms with E-state index in [0.717, 1.165) is 12.8 Å². The highest BCUT2D eigenvalue weighted by Crippen LogP contribution is 2.34. The molecular weight excluding hydrogens is 194 g/mol. The molecule has 86 valence electrons. The first-order valence-corrected chi connectivity index (χ1v) is 5.34. The quantitative estimate of drug-likeness (QED) is 0.618. The SMILES string of the molecule is CC(C)(C)C1CCN(C(=O)C(=O)O)CC1. The zero-order valence-electron chi connectivity index (χ0n) is 9.62. The summed E-state index contributed by atoms with van der Waals surface area (Å²) in [6.45, 7) is 7.71. The first kappa shape index (κ1) is 12.0. The number of nitrogens with zero attached hydrogens (tertiary/aromatic N) is 1. The molecule has 4 nitrogen and oxygen atoms in total. The van der Waals surface area contributed by atoms with Gasteiger partial charge in [0.2, 0.25) is 0 Å². The lowest BCUT2D eigenvalue weighted by Crippen LogP contribution is -2.44. The van der Waals surface area contributed by atoms with Gasteiger partial charge in [0, 0.05) is 13.1 Å². The molecule has 0 aromatic rings. The van der Waals surface area contributed by atoms with Crippen LogP contribution in [0.15, 0.2) is 0 Å². The second-order valence-electron chi connectivity index (χ2n) is 5.24. The van der Waals surface area contributed by atoms with Gasteiger partial charge < -0.3 is 10.0 Å². The van der Waals surface area contributed by atoms with E-state index in [9.17, 15) is 9.59 Å². The highest BCUT2D eigenvalue weighted by Gasteiger charge is 2.31. The molecule has 0 saturated carbocycles. The van der Waals surface area contributed by atoms with E-state index >= 15 is 0 Å². The standard InChI is InChI=1S/C11H19NO3/c1-11(2,3)8-4-6-12(7-5-8)9(13)10(14)15/h8H,4-7H2,1-3H3,(H,14,15). The van der Waals surface area contributed by atoms with E-state index in [4.69, 9.17) is 5.11 Å². The number of carboxylic acids is 1. The van der Waals surface area contributed by atoms with Crippen molar-refractivity contribution in [3.63, 3.8) is 0 Å². The lowest BCUT2D eigenvalue weighted by Gasteiger charge is -2.38. The molecule has 1 N–H and O–H groups in total. The average molecular weight is 213 g/mol. The van der Waals surface area contributed by atoms with Crippen molar-refractivity contribution in [2.24, 2.45) is 11.3 Å². The Morgan fingerprint density at radius 1 is 1.20 bits per heavy atom. The normalized spacial score (nSPS) is 19.0. The van der Waals surface area contributed by atoms with E-state index in [0.29, 0.717) is 19.0 Å². The van der Waals surface area contributed by atoms with Gasteiger partial charge in [0.05, 0.1) is 0 Å². The van der Waals surface area contributed by atoms with Gasteiger partial charge in [-0.3, -0.25) is 4.79 Å². The van der Waals surface area contributed by atoms with Gasteiger partial charge in [-0.05, 0) is 24.2 Å². The van der Waals surface area contributed by atoms with Gasteiger partial charge in [0.25, 0.3) is 0 Å². The van der Waals surface area contributed by atoms with Gasteiger partial charge in [0.1, 0.15) is 0 Å². The molecule has 4 heteroatoms. The molecule has 1 aliphatic heterocycles. The van der Waals surface area contributed by atoms with Gasteiger partial charge in [-0.15, -0.1) is 0 Å². The third-order valence-corrected chi connectivity index (χ3v) is 3.19. The summed E-state index contributed by atoms with van der Waals surface area (Å²) in [5.41, 5.74) is 0.248.